The summed E-state index contributed by atoms with van der Waals surface area (Å²) in [5.41, 5.74) is 1.90. The molecular weight excluding hydrogens is 264 g/mol. The Labute approximate surface area is 130 Å². The maximum atomic E-state index is 5.69. The van der Waals surface area contributed by atoms with Crippen LogP contribution in [-0.2, 0) is 14.2 Å². The molecule has 4 atom stereocenters. The maximum absolute atomic E-state index is 5.69. The van der Waals surface area contributed by atoms with E-state index in [2.05, 4.69) is 26.8 Å². The highest BCUT2D eigenvalue weighted by atomic mass is 16.7. The fourth-order valence-electron chi connectivity index (χ4n) is 4.59. The first-order valence-corrected chi connectivity index (χ1v) is 8.18. The third-order valence-corrected chi connectivity index (χ3v) is 5.77. The van der Waals surface area contributed by atoms with Crippen molar-refractivity contribution in [2.24, 2.45) is 23.2 Å². The summed E-state index contributed by atoms with van der Waals surface area (Å²) in [6.07, 6.45) is 7.05. The molecule has 0 aromatic rings. The number of fused-ring (bicyclic) bond motifs is 1. The van der Waals surface area contributed by atoms with Crippen LogP contribution in [0.1, 0.15) is 46.5 Å². The number of ether oxygens (including phenoxy) is 3. The number of allylic oxidation sites excluding steroid dienone is 1. The predicted octanol–water partition coefficient (Wildman–Crippen LogP) is 4.03. The van der Waals surface area contributed by atoms with Gasteiger partial charge in [0.1, 0.15) is 0 Å². The van der Waals surface area contributed by atoms with Gasteiger partial charge in [0.25, 0.3) is 0 Å². The summed E-state index contributed by atoms with van der Waals surface area (Å²) in [4.78, 5) is 0. The average molecular weight is 296 g/mol. The van der Waals surface area contributed by atoms with Crippen LogP contribution in [0.5, 0.6) is 0 Å². The smallest absolute Gasteiger partial charge is 0.159 e. The van der Waals surface area contributed by atoms with Gasteiger partial charge in [0.05, 0.1) is 6.10 Å². The Balaban J connectivity index is 2.26. The monoisotopic (exact) mass is 296 g/mol. The van der Waals surface area contributed by atoms with Crippen LogP contribution in [0.3, 0.4) is 0 Å². The minimum Gasteiger partial charge on any atom is -0.377 e. The molecule has 0 aliphatic heterocycles. The van der Waals surface area contributed by atoms with Crippen molar-refractivity contribution in [1.29, 1.82) is 0 Å². The lowest BCUT2D eigenvalue weighted by atomic mass is 9.50. The summed E-state index contributed by atoms with van der Waals surface area (Å²) in [6.45, 7) is 7.05. The lowest BCUT2D eigenvalue weighted by molar-refractivity contribution is -0.190. The fraction of sp³-hybridized carbons (Fsp3) is 0.889. The molecule has 122 valence electrons. The van der Waals surface area contributed by atoms with Crippen molar-refractivity contribution in [3.63, 3.8) is 0 Å². The molecule has 3 nitrogen and oxygen atoms in total. The van der Waals surface area contributed by atoms with Crippen LogP contribution in [0.15, 0.2) is 11.6 Å². The van der Waals surface area contributed by atoms with Gasteiger partial charge >= 0.3 is 0 Å². The Morgan fingerprint density at radius 2 is 1.86 bits per heavy atom. The highest BCUT2D eigenvalue weighted by Crippen LogP contribution is 2.57. The molecule has 0 radical (unpaired) electrons. The van der Waals surface area contributed by atoms with E-state index < -0.39 is 0 Å². The summed E-state index contributed by atoms with van der Waals surface area (Å²) in [5, 5.41) is 0. The van der Waals surface area contributed by atoms with E-state index in [1.165, 1.54) is 24.8 Å². The SMILES string of the molecule is COC1C=C(C)CCC2C(CC2(C)C)C(C(OC)OC)C1. The van der Waals surface area contributed by atoms with Crippen molar-refractivity contribution in [1.82, 2.24) is 0 Å². The van der Waals surface area contributed by atoms with E-state index >= 15 is 0 Å². The zero-order chi connectivity index (χ0) is 15.6. The van der Waals surface area contributed by atoms with Crippen LogP contribution < -0.4 is 0 Å². The third kappa shape index (κ3) is 3.52. The standard InChI is InChI=1S/C18H32O3/c1-12-7-8-16-15(11-18(16,2)3)14(17(20-5)21-6)10-13(9-12)19-4/h9,13-17H,7-8,10-11H2,1-6H3. The topological polar surface area (TPSA) is 27.7 Å². The zero-order valence-electron chi connectivity index (χ0n) is 14.5. The molecule has 0 spiro atoms. The second-order valence-corrected chi connectivity index (χ2v) is 7.53. The second kappa shape index (κ2) is 6.80. The first kappa shape index (κ1) is 17.0. The van der Waals surface area contributed by atoms with Crippen molar-refractivity contribution >= 4 is 0 Å². The van der Waals surface area contributed by atoms with Gasteiger partial charge in [-0.2, -0.15) is 0 Å². The molecule has 0 aromatic carbocycles. The van der Waals surface area contributed by atoms with Crippen LogP contribution in [0.2, 0.25) is 0 Å². The fourth-order valence-corrected chi connectivity index (χ4v) is 4.59. The Hall–Kier alpha value is -0.380. The van der Waals surface area contributed by atoms with Gasteiger partial charge in [-0.15, -0.1) is 0 Å². The summed E-state index contributed by atoms with van der Waals surface area (Å²) in [6, 6.07) is 0. The molecule has 0 bridgehead atoms. The van der Waals surface area contributed by atoms with E-state index in [-0.39, 0.29) is 12.4 Å². The minimum absolute atomic E-state index is 0.127. The molecular formula is C18H32O3. The van der Waals surface area contributed by atoms with E-state index in [4.69, 9.17) is 14.2 Å². The largest absolute Gasteiger partial charge is 0.377 e. The van der Waals surface area contributed by atoms with Gasteiger partial charge in [0, 0.05) is 27.2 Å². The minimum atomic E-state index is -0.127. The van der Waals surface area contributed by atoms with Crippen LogP contribution in [0.25, 0.3) is 0 Å². The van der Waals surface area contributed by atoms with Gasteiger partial charge in [-0.05, 0) is 49.9 Å². The summed E-state index contributed by atoms with van der Waals surface area (Å²) < 4.78 is 16.9. The van der Waals surface area contributed by atoms with Crippen molar-refractivity contribution in [2.75, 3.05) is 21.3 Å². The van der Waals surface area contributed by atoms with Crippen molar-refractivity contribution < 1.29 is 14.2 Å². The lowest BCUT2D eigenvalue weighted by Crippen LogP contribution is -2.51. The predicted molar refractivity (Wildman–Crippen MR) is 85.1 cm³/mol. The van der Waals surface area contributed by atoms with E-state index in [0.29, 0.717) is 17.3 Å². The van der Waals surface area contributed by atoms with Gasteiger partial charge in [-0.3, -0.25) is 0 Å². The van der Waals surface area contributed by atoms with E-state index in [1.807, 2.05) is 0 Å². The van der Waals surface area contributed by atoms with E-state index in [9.17, 15) is 0 Å². The summed E-state index contributed by atoms with van der Waals surface area (Å²) >= 11 is 0. The Morgan fingerprint density at radius 3 is 2.38 bits per heavy atom. The van der Waals surface area contributed by atoms with E-state index in [1.54, 1.807) is 21.3 Å². The van der Waals surface area contributed by atoms with Gasteiger partial charge in [-0.25, -0.2) is 0 Å². The normalized spacial score (nSPS) is 36.0. The highest BCUT2D eigenvalue weighted by molar-refractivity contribution is 5.09. The summed E-state index contributed by atoms with van der Waals surface area (Å²) in [5.74, 6) is 1.85. The Bertz CT molecular complexity index is 371. The van der Waals surface area contributed by atoms with Crippen LogP contribution in [-0.4, -0.2) is 33.7 Å². The molecule has 0 heterocycles. The van der Waals surface area contributed by atoms with Crippen molar-refractivity contribution in [3.8, 4) is 0 Å². The molecule has 3 heteroatoms. The number of methoxy groups -OCH3 is 3. The number of hydrogen-bond donors (Lipinski definition) is 0. The molecule has 2 aliphatic rings. The molecule has 2 rings (SSSR count). The van der Waals surface area contributed by atoms with Crippen molar-refractivity contribution in [3.05, 3.63) is 11.6 Å². The van der Waals surface area contributed by atoms with Gasteiger partial charge < -0.3 is 14.2 Å². The van der Waals surface area contributed by atoms with Crippen LogP contribution >= 0.6 is 0 Å². The number of hydrogen-bond acceptors (Lipinski definition) is 3. The van der Waals surface area contributed by atoms with Crippen LogP contribution in [0, 0.1) is 23.2 Å². The molecule has 21 heavy (non-hydrogen) atoms. The Kier molecular flexibility index (Phi) is 5.50. The molecule has 0 aromatic heterocycles. The molecule has 0 amide bonds. The average Bonchev–Trinajstić information content (AvgIpc) is 2.48. The second-order valence-electron chi connectivity index (χ2n) is 7.53. The van der Waals surface area contributed by atoms with Crippen LogP contribution in [0.4, 0.5) is 0 Å². The van der Waals surface area contributed by atoms with Gasteiger partial charge in [0.15, 0.2) is 6.29 Å². The molecule has 2 aliphatic carbocycles. The Morgan fingerprint density at radius 1 is 1.19 bits per heavy atom. The maximum Gasteiger partial charge on any atom is 0.159 e. The zero-order valence-corrected chi connectivity index (χ0v) is 14.5. The third-order valence-electron chi connectivity index (χ3n) is 5.77. The lowest BCUT2D eigenvalue weighted by Gasteiger charge is -2.56. The first-order valence-electron chi connectivity index (χ1n) is 8.18. The number of rotatable bonds is 4. The first-order chi connectivity index (χ1) is 9.92. The molecule has 0 saturated heterocycles. The van der Waals surface area contributed by atoms with Gasteiger partial charge in [-0.1, -0.05) is 25.5 Å². The summed E-state index contributed by atoms with van der Waals surface area (Å²) in [7, 11) is 5.31. The molecule has 0 N–H and O–H groups in total. The quantitative estimate of drug-likeness (QED) is 0.579. The van der Waals surface area contributed by atoms with Gasteiger partial charge in [0.2, 0.25) is 0 Å². The van der Waals surface area contributed by atoms with E-state index in [0.717, 1.165) is 12.3 Å². The molecule has 1 fully saturated rings. The van der Waals surface area contributed by atoms with Crippen molar-refractivity contribution in [2.45, 2.75) is 58.8 Å². The molecule has 4 unspecified atom stereocenters. The molecule has 1 saturated carbocycles. The highest BCUT2D eigenvalue weighted by Gasteiger charge is 2.52.